The van der Waals surface area contributed by atoms with Gasteiger partial charge in [-0.1, -0.05) is 18.2 Å². The molecular formula is C22H22N4O3. The summed E-state index contributed by atoms with van der Waals surface area (Å²) in [4.78, 5) is 16.7. The number of pyridine rings is 1. The number of carbonyl (C=O) groups excluding carboxylic acids is 1. The number of amides is 2. The monoisotopic (exact) mass is 390 g/mol. The fourth-order valence-corrected chi connectivity index (χ4v) is 2.99. The van der Waals surface area contributed by atoms with Crippen LogP contribution >= 0.6 is 0 Å². The molecule has 4 rings (SSSR count). The molecule has 29 heavy (non-hydrogen) atoms. The van der Waals surface area contributed by atoms with Crippen LogP contribution in [0.3, 0.4) is 0 Å². The first-order valence-corrected chi connectivity index (χ1v) is 9.43. The lowest BCUT2D eigenvalue weighted by Crippen LogP contribution is -2.30. The van der Waals surface area contributed by atoms with Gasteiger partial charge >= 0.3 is 6.03 Å². The van der Waals surface area contributed by atoms with E-state index >= 15 is 0 Å². The van der Waals surface area contributed by atoms with Crippen molar-refractivity contribution >= 4 is 17.4 Å². The number of nitrogens with one attached hydrogen (secondary N) is 2. The molecule has 0 spiro atoms. The number of imidazole rings is 1. The minimum Gasteiger partial charge on any atom is -0.467 e. The average Bonchev–Trinajstić information content (AvgIpc) is 3.37. The van der Waals surface area contributed by atoms with E-state index in [0.29, 0.717) is 31.9 Å². The zero-order chi connectivity index (χ0) is 19.9. The smallest absolute Gasteiger partial charge is 0.319 e. The number of hydrogen-bond acceptors (Lipinski definition) is 4. The van der Waals surface area contributed by atoms with E-state index in [2.05, 4.69) is 15.6 Å². The molecule has 4 aromatic rings. The Kier molecular flexibility index (Phi) is 5.87. The number of fused-ring (bicyclic) bond motifs is 1. The highest BCUT2D eigenvalue weighted by Gasteiger charge is 2.05. The molecule has 0 aliphatic heterocycles. The first-order chi connectivity index (χ1) is 14.3. The molecule has 0 unspecified atom stereocenters. The molecule has 7 heteroatoms. The van der Waals surface area contributed by atoms with Gasteiger partial charge in [-0.3, -0.25) is 0 Å². The summed E-state index contributed by atoms with van der Waals surface area (Å²) in [7, 11) is 0. The van der Waals surface area contributed by atoms with Crippen molar-refractivity contribution in [1.82, 2.24) is 14.7 Å². The van der Waals surface area contributed by atoms with Gasteiger partial charge in [0, 0.05) is 31.0 Å². The van der Waals surface area contributed by atoms with Crippen LogP contribution in [0.2, 0.25) is 0 Å². The molecule has 0 bridgehead atoms. The third kappa shape index (κ3) is 5.24. The van der Waals surface area contributed by atoms with E-state index < -0.39 is 0 Å². The van der Waals surface area contributed by atoms with Gasteiger partial charge in [0.2, 0.25) is 0 Å². The van der Waals surface area contributed by atoms with Gasteiger partial charge in [-0.15, -0.1) is 0 Å². The molecule has 0 aliphatic rings. The molecule has 7 nitrogen and oxygen atoms in total. The maximum absolute atomic E-state index is 12.2. The van der Waals surface area contributed by atoms with Crippen molar-refractivity contribution in [2.24, 2.45) is 0 Å². The van der Waals surface area contributed by atoms with Crippen molar-refractivity contribution < 1.29 is 13.9 Å². The van der Waals surface area contributed by atoms with E-state index in [1.165, 1.54) is 0 Å². The summed E-state index contributed by atoms with van der Waals surface area (Å²) in [6.45, 7) is 1.35. The Hall–Kier alpha value is -3.58. The minimum atomic E-state index is -0.248. The van der Waals surface area contributed by atoms with Crippen molar-refractivity contribution in [1.29, 1.82) is 0 Å². The number of nitrogens with zero attached hydrogens (tertiary/aromatic N) is 2. The molecule has 2 amide bonds. The van der Waals surface area contributed by atoms with Gasteiger partial charge in [-0.2, -0.15) is 0 Å². The second-order valence-corrected chi connectivity index (χ2v) is 6.60. The normalized spacial score (nSPS) is 10.9. The van der Waals surface area contributed by atoms with Gasteiger partial charge in [0.05, 0.1) is 18.6 Å². The van der Waals surface area contributed by atoms with Gasteiger partial charge in [0.25, 0.3) is 0 Å². The zero-order valence-corrected chi connectivity index (χ0v) is 15.9. The molecule has 0 radical (unpaired) electrons. The van der Waals surface area contributed by atoms with Gasteiger partial charge < -0.3 is 24.2 Å². The fourth-order valence-electron chi connectivity index (χ4n) is 2.99. The lowest BCUT2D eigenvalue weighted by molar-refractivity contribution is 0.0930. The Bertz CT molecular complexity index is 1040. The molecule has 3 heterocycles. The van der Waals surface area contributed by atoms with Crippen LogP contribution in [0.25, 0.3) is 5.65 Å². The topological polar surface area (TPSA) is 80.8 Å². The van der Waals surface area contributed by atoms with Gasteiger partial charge in [0.1, 0.15) is 18.0 Å². The molecular weight excluding hydrogens is 368 g/mol. The molecule has 0 fully saturated rings. The average molecular weight is 390 g/mol. The van der Waals surface area contributed by atoms with Crippen LogP contribution in [0.5, 0.6) is 0 Å². The predicted octanol–water partition coefficient (Wildman–Crippen LogP) is 4.01. The fraction of sp³-hybridized carbons (Fsp3) is 0.182. The van der Waals surface area contributed by atoms with Crippen LogP contribution in [0.4, 0.5) is 10.5 Å². The predicted molar refractivity (Wildman–Crippen MR) is 110 cm³/mol. The Morgan fingerprint density at radius 3 is 2.93 bits per heavy atom. The van der Waals surface area contributed by atoms with Crippen molar-refractivity contribution in [3.63, 3.8) is 0 Å². The molecule has 0 aliphatic carbocycles. The number of anilines is 1. The Morgan fingerprint density at radius 2 is 2.07 bits per heavy atom. The lowest BCUT2D eigenvalue weighted by Gasteiger charge is -2.09. The first kappa shape index (κ1) is 18.8. The summed E-state index contributed by atoms with van der Waals surface area (Å²) in [6, 6.07) is 16.9. The second-order valence-electron chi connectivity index (χ2n) is 6.60. The van der Waals surface area contributed by atoms with E-state index in [1.807, 2.05) is 71.4 Å². The van der Waals surface area contributed by atoms with E-state index in [1.54, 1.807) is 6.26 Å². The SMILES string of the molecule is O=C(NCCc1cn2ccccc2n1)Nc1cccc(COCc2ccco2)c1. The second kappa shape index (κ2) is 9.07. The summed E-state index contributed by atoms with van der Waals surface area (Å²) < 4.78 is 12.8. The largest absolute Gasteiger partial charge is 0.467 e. The van der Waals surface area contributed by atoms with Crippen molar-refractivity contribution in [3.8, 4) is 0 Å². The molecule has 2 N–H and O–H groups in total. The van der Waals surface area contributed by atoms with Crippen LogP contribution in [0.15, 0.2) is 77.7 Å². The molecule has 0 saturated heterocycles. The van der Waals surface area contributed by atoms with E-state index in [0.717, 1.165) is 22.7 Å². The number of aromatic nitrogens is 2. The molecule has 3 aromatic heterocycles. The summed E-state index contributed by atoms with van der Waals surface area (Å²) in [5.74, 6) is 0.782. The van der Waals surface area contributed by atoms with Crippen molar-refractivity contribution in [3.05, 3.63) is 90.3 Å². The summed E-state index contributed by atoms with van der Waals surface area (Å²) in [5.41, 5.74) is 3.53. The Morgan fingerprint density at radius 1 is 1.10 bits per heavy atom. The van der Waals surface area contributed by atoms with Gasteiger partial charge in [0.15, 0.2) is 0 Å². The minimum absolute atomic E-state index is 0.248. The molecule has 1 aromatic carbocycles. The quantitative estimate of drug-likeness (QED) is 0.476. The van der Waals surface area contributed by atoms with E-state index in [9.17, 15) is 4.79 Å². The molecule has 0 saturated carbocycles. The van der Waals surface area contributed by atoms with Crippen LogP contribution in [0, 0.1) is 0 Å². The number of furan rings is 1. The van der Waals surface area contributed by atoms with E-state index in [4.69, 9.17) is 9.15 Å². The summed E-state index contributed by atoms with van der Waals surface area (Å²) in [6.07, 6.45) is 6.21. The van der Waals surface area contributed by atoms with Crippen molar-refractivity contribution in [2.75, 3.05) is 11.9 Å². The number of benzene rings is 1. The summed E-state index contributed by atoms with van der Waals surface area (Å²) in [5, 5.41) is 5.71. The third-order valence-corrected chi connectivity index (χ3v) is 4.36. The maximum Gasteiger partial charge on any atom is 0.319 e. The number of ether oxygens (including phenoxy) is 1. The zero-order valence-electron chi connectivity index (χ0n) is 15.9. The van der Waals surface area contributed by atoms with Gasteiger partial charge in [-0.25, -0.2) is 9.78 Å². The van der Waals surface area contributed by atoms with Crippen LogP contribution in [-0.2, 0) is 24.4 Å². The van der Waals surface area contributed by atoms with Crippen molar-refractivity contribution in [2.45, 2.75) is 19.6 Å². The van der Waals surface area contributed by atoms with Crippen LogP contribution in [0.1, 0.15) is 17.0 Å². The summed E-state index contributed by atoms with van der Waals surface area (Å²) >= 11 is 0. The number of rotatable bonds is 8. The number of hydrogen-bond donors (Lipinski definition) is 2. The van der Waals surface area contributed by atoms with Crippen LogP contribution in [-0.4, -0.2) is 22.0 Å². The Labute approximate surface area is 168 Å². The van der Waals surface area contributed by atoms with Gasteiger partial charge in [-0.05, 0) is 42.0 Å². The standard InChI is InChI=1S/C22H22N4O3/c27-22(23-10-9-19-14-26-11-2-1-8-21(26)24-19)25-18-6-3-5-17(13-18)15-28-16-20-7-4-12-29-20/h1-8,11-14H,9-10,15-16H2,(H2,23,25,27). The third-order valence-electron chi connectivity index (χ3n) is 4.36. The number of urea groups is 1. The van der Waals surface area contributed by atoms with Crippen LogP contribution < -0.4 is 10.6 Å². The molecule has 148 valence electrons. The first-order valence-electron chi connectivity index (χ1n) is 9.43. The highest BCUT2D eigenvalue weighted by atomic mass is 16.5. The highest BCUT2D eigenvalue weighted by molar-refractivity contribution is 5.89. The van der Waals surface area contributed by atoms with E-state index in [-0.39, 0.29) is 6.03 Å². The lowest BCUT2D eigenvalue weighted by atomic mass is 10.2. The number of carbonyl (C=O) groups is 1. The molecule has 0 atom stereocenters. The maximum atomic E-state index is 12.2. The Balaban J connectivity index is 1.22. The highest BCUT2D eigenvalue weighted by Crippen LogP contribution is 2.13.